The van der Waals surface area contributed by atoms with Gasteiger partial charge in [-0.05, 0) is 24.1 Å². The minimum Gasteiger partial charge on any atom is -0.481 e. The lowest BCUT2D eigenvalue weighted by Gasteiger charge is -2.02. The zero-order valence-corrected chi connectivity index (χ0v) is 9.77. The molecule has 0 saturated heterocycles. The molecule has 14 heavy (non-hydrogen) atoms. The molecule has 1 unspecified atom stereocenters. The van der Waals surface area contributed by atoms with Crippen LogP contribution in [0.15, 0.2) is 27.6 Å². The minimum absolute atomic E-state index is 0.196. The number of halogens is 1. The van der Waals surface area contributed by atoms with Crippen molar-refractivity contribution in [3.8, 4) is 0 Å². The monoisotopic (exact) mass is 272 g/mol. The molecule has 0 fully saturated rings. The predicted octanol–water partition coefficient (Wildman–Crippen LogP) is 2.94. The third kappa shape index (κ3) is 1.96. The van der Waals surface area contributed by atoms with Crippen molar-refractivity contribution in [2.45, 2.75) is 23.0 Å². The van der Waals surface area contributed by atoms with Crippen LogP contribution in [0.2, 0.25) is 0 Å². The third-order valence-corrected chi connectivity index (χ3v) is 4.25. The number of carboxylic acid groups (broad SMARTS) is 1. The molecule has 2 nitrogen and oxygen atoms in total. The van der Waals surface area contributed by atoms with Crippen molar-refractivity contribution >= 4 is 33.7 Å². The number of rotatable bonds is 2. The second-order valence-electron chi connectivity index (χ2n) is 3.26. The molecule has 4 heteroatoms. The maximum absolute atomic E-state index is 10.6. The summed E-state index contributed by atoms with van der Waals surface area (Å²) in [7, 11) is 0. The Hall–Kier alpha value is -0.480. The highest BCUT2D eigenvalue weighted by Gasteiger charge is 2.25. The maximum Gasteiger partial charge on any atom is 0.304 e. The van der Waals surface area contributed by atoms with Crippen LogP contribution in [0.1, 0.15) is 12.0 Å². The van der Waals surface area contributed by atoms with Gasteiger partial charge in [-0.2, -0.15) is 0 Å². The molecule has 1 atom stereocenters. The molecule has 1 N–H and O–H groups in total. The zero-order valence-electron chi connectivity index (χ0n) is 7.37. The summed E-state index contributed by atoms with van der Waals surface area (Å²) in [6.45, 7) is 0. The topological polar surface area (TPSA) is 37.3 Å². The summed E-state index contributed by atoms with van der Waals surface area (Å²) >= 11 is 5.15. The standard InChI is InChI=1S/C10H9BrO2S/c11-8-2-1-3-9-7(8)4-6(14-9)5-10(12)13/h1-3,6H,4-5H2,(H,12,13). The van der Waals surface area contributed by atoms with Crippen LogP contribution in [0.4, 0.5) is 0 Å². The predicted molar refractivity (Wildman–Crippen MR) is 59.7 cm³/mol. The molecule has 0 spiro atoms. The van der Waals surface area contributed by atoms with Crippen molar-refractivity contribution in [2.75, 3.05) is 0 Å². The van der Waals surface area contributed by atoms with Crippen LogP contribution in [0.5, 0.6) is 0 Å². The number of hydrogen-bond donors (Lipinski definition) is 1. The van der Waals surface area contributed by atoms with Crippen molar-refractivity contribution in [1.82, 2.24) is 0 Å². The van der Waals surface area contributed by atoms with Crippen LogP contribution < -0.4 is 0 Å². The van der Waals surface area contributed by atoms with Gasteiger partial charge in [-0.25, -0.2) is 0 Å². The molecule has 0 aromatic heterocycles. The molecule has 1 heterocycles. The molecule has 1 aliphatic rings. The number of fused-ring (bicyclic) bond motifs is 1. The molecule has 0 bridgehead atoms. The highest BCUT2D eigenvalue weighted by molar-refractivity contribution is 9.10. The van der Waals surface area contributed by atoms with Crippen molar-refractivity contribution in [3.05, 3.63) is 28.2 Å². The van der Waals surface area contributed by atoms with E-state index in [4.69, 9.17) is 5.11 Å². The zero-order chi connectivity index (χ0) is 10.1. The van der Waals surface area contributed by atoms with Crippen LogP contribution in [0.3, 0.4) is 0 Å². The van der Waals surface area contributed by atoms with Gasteiger partial charge in [0, 0.05) is 14.6 Å². The summed E-state index contributed by atoms with van der Waals surface area (Å²) in [4.78, 5) is 11.8. The molecule has 1 aliphatic heterocycles. The van der Waals surface area contributed by atoms with Crippen molar-refractivity contribution in [3.63, 3.8) is 0 Å². The van der Waals surface area contributed by atoms with Gasteiger partial charge in [0.05, 0.1) is 6.42 Å². The SMILES string of the molecule is O=C(O)CC1Cc2c(Br)cccc2S1. The number of carbonyl (C=O) groups is 1. The maximum atomic E-state index is 10.6. The summed E-state index contributed by atoms with van der Waals surface area (Å²) in [5, 5.41) is 8.89. The van der Waals surface area contributed by atoms with Gasteiger partial charge in [0.25, 0.3) is 0 Å². The number of hydrogen-bond acceptors (Lipinski definition) is 2. The lowest BCUT2D eigenvalue weighted by Crippen LogP contribution is -2.08. The summed E-state index contributed by atoms with van der Waals surface area (Å²) in [6.07, 6.45) is 1.10. The fourth-order valence-electron chi connectivity index (χ4n) is 1.60. The summed E-state index contributed by atoms with van der Waals surface area (Å²) in [6, 6.07) is 6.04. The second-order valence-corrected chi connectivity index (χ2v) is 5.45. The molecule has 0 aliphatic carbocycles. The van der Waals surface area contributed by atoms with Gasteiger partial charge in [-0.15, -0.1) is 11.8 Å². The second kappa shape index (κ2) is 3.95. The van der Waals surface area contributed by atoms with Gasteiger partial charge < -0.3 is 5.11 Å². The first-order valence-corrected chi connectivity index (χ1v) is 6.00. The minimum atomic E-state index is -0.716. The molecule has 2 rings (SSSR count). The van der Waals surface area contributed by atoms with E-state index in [1.807, 2.05) is 18.2 Å². The van der Waals surface area contributed by atoms with Crippen LogP contribution in [0, 0.1) is 0 Å². The van der Waals surface area contributed by atoms with Crippen LogP contribution in [-0.4, -0.2) is 16.3 Å². The molecule has 0 radical (unpaired) electrons. The lowest BCUT2D eigenvalue weighted by molar-refractivity contribution is -0.136. The first-order chi connectivity index (χ1) is 6.66. The molecule has 0 amide bonds. The van der Waals surface area contributed by atoms with E-state index in [2.05, 4.69) is 15.9 Å². The van der Waals surface area contributed by atoms with E-state index in [1.54, 1.807) is 11.8 Å². The normalized spacial score (nSPS) is 19.4. The van der Waals surface area contributed by atoms with Gasteiger partial charge >= 0.3 is 5.97 Å². The van der Waals surface area contributed by atoms with E-state index in [0.717, 1.165) is 10.9 Å². The highest BCUT2D eigenvalue weighted by atomic mass is 79.9. The van der Waals surface area contributed by atoms with Crippen LogP contribution in [-0.2, 0) is 11.2 Å². The lowest BCUT2D eigenvalue weighted by atomic mass is 10.1. The fourth-order valence-corrected chi connectivity index (χ4v) is 3.59. The van der Waals surface area contributed by atoms with Gasteiger partial charge in [0.15, 0.2) is 0 Å². The van der Waals surface area contributed by atoms with Gasteiger partial charge in [-0.3, -0.25) is 4.79 Å². The van der Waals surface area contributed by atoms with Gasteiger partial charge in [0.1, 0.15) is 0 Å². The van der Waals surface area contributed by atoms with E-state index < -0.39 is 5.97 Å². The fraction of sp³-hybridized carbons (Fsp3) is 0.300. The molecule has 74 valence electrons. The molecule has 0 saturated carbocycles. The van der Waals surface area contributed by atoms with E-state index in [0.29, 0.717) is 0 Å². The van der Waals surface area contributed by atoms with Crippen molar-refractivity contribution in [1.29, 1.82) is 0 Å². The Bertz CT molecular complexity index is 378. The Morgan fingerprint density at radius 3 is 3.07 bits per heavy atom. The molecule has 1 aromatic carbocycles. The Balaban J connectivity index is 2.18. The molecular formula is C10H9BrO2S. The largest absolute Gasteiger partial charge is 0.481 e. The average Bonchev–Trinajstić information content (AvgIpc) is 2.47. The van der Waals surface area contributed by atoms with E-state index in [9.17, 15) is 4.79 Å². The van der Waals surface area contributed by atoms with Gasteiger partial charge in [0.2, 0.25) is 0 Å². The van der Waals surface area contributed by atoms with Crippen LogP contribution >= 0.6 is 27.7 Å². The number of aliphatic carboxylic acids is 1. The summed E-state index contributed by atoms with van der Waals surface area (Å²) in [5.74, 6) is -0.716. The van der Waals surface area contributed by atoms with E-state index >= 15 is 0 Å². The van der Waals surface area contributed by atoms with Crippen LogP contribution in [0.25, 0.3) is 0 Å². The Kier molecular flexibility index (Phi) is 2.83. The Morgan fingerprint density at radius 1 is 1.64 bits per heavy atom. The molecule has 1 aromatic rings. The van der Waals surface area contributed by atoms with E-state index in [1.165, 1.54) is 10.5 Å². The number of carboxylic acids is 1. The smallest absolute Gasteiger partial charge is 0.304 e. The number of benzene rings is 1. The highest BCUT2D eigenvalue weighted by Crippen LogP contribution is 2.41. The van der Waals surface area contributed by atoms with Crippen molar-refractivity contribution < 1.29 is 9.90 Å². The summed E-state index contributed by atoms with van der Waals surface area (Å²) in [5.41, 5.74) is 1.25. The first kappa shape index (κ1) is 10.1. The number of thioether (sulfide) groups is 1. The third-order valence-electron chi connectivity index (χ3n) is 2.20. The average molecular weight is 273 g/mol. The Labute approximate surface area is 94.8 Å². The summed E-state index contributed by atoms with van der Waals surface area (Å²) < 4.78 is 1.09. The first-order valence-electron chi connectivity index (χ1n) is 4.32. The Morgan fingerprint density at radius 2 is 2.43 bits per heavy atom. The van der Waals surface area contributed by atoms with E-state index in [-0.39, 0.29) is 11.7 Å². The van der Waals surface area contributed by atoms with Gasteiger partial charge in [-0.1, -0.05) is 22.0 Å². The van der Waals surface area contributed by atoms with Crippen molar-refractivity contribution in [2.24, 2.45) is 0 Å². The molecular weight excluding hydrogens is 264 g/mol. The quantitative estimate of drug-likeness (QED) is 0.900.